The van der Waals surface area contributed by atoms with Gasteiger partial charge in [0.1, 0.15) is 0 Å². The Labute approximate surface area is 111 Å². The molecule has 4 amide bonds. The second kappa shape index (κ2) is 5.51. The highest BCUT2D eigenvalue weighted by atomic mass is 16.2. The van der Waals surface area contributed by atoms with Gasteiger partial charge < -0.3 is 10.2 Å². The molecule has 1 fully saturated rings. The molecule has 19 heavy (non-hydrogen) atoms. The van der Waals surface area contributed by atoms with E-state index < -0.39 is 17.8 Å². The van der Waals surface area contributed by atoms with E-state index in [0.29, 0.717) is 18.8 Å². The fourth-order valence-electron chi connectivity index (χ4n) is 1.88. The lowest BCUT2D eigenvalue weighted by molar-refractivity contribution is -0.153. The molecular formula is C13H15N3O3. The molecule has 0 radical (unpaired) electrons. The lowest BCUT2D eigenvalue weighted by Crippen LogP contribution is -2.56. The second-order valence-electron chi connectivity index (χ2n) is 4.14. The zero-order chi connectivity index (χ0) is 13.8. The van der Waals surface area contributed by atoms with Crippen molar-refractivity contribution in [2.45, 2.75) is 6.92 Å². The number of hydrogen-bond donors (Lipinski definition) is 1. The number of anilines is 1. The third-order valence-corrected chi connectivity index (χ3v) is 2.96. The first-order valence-corrected chi connectivity index (χ1v) is 6.10. The zero-order valence-electron chi connectivity index (χ0n) is 10.6. The number of amides is 4. The lowest BCUT2D eigenvalue weighted by Gasteiger charge is -2.31. The number of piperazine rings is 1. The summed E-state index contributed by atoms with van der Waals surface area (Å²) in [5.41, 5.74) is 0.589. The number of benzene rings is 1. The quantitative estimate of drug-likeness (QED) is 0.804. The summed E-state index contributed by atoms with van der Waals surface area (Å²) in [6.45, 7) is 2.87. The molecule has 2 rings (SSSR count). The molecule has 6 heteroatoms. The van der Waals surface area contributed by atoms with Crippen LogP contribution in [-0.4, -0.2) is 47.3 Å². The molecule has 1 heterocycles. The Morgan fingerprint density at radius 2 is 1.84 bits per heavy atom. The minimum atomic E-state index is -0.776. The molecule has 6 nitrogen and oxygen atoms in total. The fourth-order valence-corrected chi connectivity index (χ4v) is 1.88. The Balaban J connectivity index is 2.04. The molecule has 0 aromatic heterocycles. The van der Waals surface area contributed by atoms with Crippen LogP contribution in [0.5, 0.6) is 0 Å². The number of nitrogens with zero attached hydrogens (tertiary/aromatic N) is 2. The van der Waals surface area contributed by atoms with Crippen molar-refractivity contribution < 1.29 is 14.4 Å². The monoisotopic (exact) mass is 261 g/mol. The first-order valence-electron chi connectivity index (χ1n) is 6.10. The normalized spacial score (nSPS) is 15.6. The van der Waals surface area contributed by atoms with Gasteiger partial charge in [-0.15, -0.1) is 0 Å². The number of carbonyl (C=O) groups excluding carboxylic acids is 3. The number of imide groups is 1. The third kappa shape index (κ3) is 2.73. The van der Waals surface area contributed by atoms with Gasteiger partial charge in [0.2, 0.25) is 0 Å². The third-order valence-electron chi connectivity index (χ3n) is 2.96. The van der Waals surface area contributed by atoms with Gasteiger partial charge in [-0.2, -0.15) is 0 Å². The van der Waals surface area contributed by atoms with E-state index in [1.165, 1.54) is 4.90 Å². The minimum Gasteiger partial charge on any atom is -0.333 e. The highest BCUT2D eigenvalue weighted by molar-refractivity contribution is 6.38. The summed E-state index contributed by atoms with van der Waals surface area (Å²) in [4.78, 5) is 37.8. The number of hydrogen-bond acceptors (Lipinski definition) is 3. The summed E-state index contributed by atoms with van der Waals surface area (Å²) in [5.74, 6) is -1.40. The molecule has 0 atom stereocenters. The average Bonchev–Trinajstić information content (AvgIpc) is 2.42. The van der Waals surface area contributed by atoms with Gasteiger partial charge in [0.15, 0.2) is 0 Å². The molecule has 0 aliphatic carbocycles. The van der Waals surface area contributed by atoms with Gasteiger partial charge in [-0.1, -0.05) is 18.2 Å². The molecule has 0 spiro atoms. The fraction of sp³-hybridized carbons (Fsp3) is 0.308. The Morgan fingerprint density at radius 3 is 2.47 bits per heavy atom. The predicted molar refractivity (Wildman–Crippen MR) is 69.4 cm³/mol. The molecule has 0 saturated carbocycles. The topological polar surface area (TPSA) is 69.7 Å². The van der Waals surface area contributed by atoms with Crippen molar-refractivity contribution in [2.24, 2.45) is 0 Å². The molecule has 1 aliphatic heterocycles. The van der Waals surface area contributed by atoms with E-state index >= 15 is 0 Å². The molecular weight excluding hydrogens is 246 g/mol. The average molecular weight is 261 g/mol. The van der Waals surface area contributed by atoms with E-state index in [4.69, 9.17) is 0 Å². The van der Waals surface area contributed by atoms with E-state index in [1.54, 1.807) is 31.2 Å². The number of likely N-dealkylation sites (N-methyl/N-ethyl adjacent to an activating group) is 1. The Kier molecular flexibility index (Phi) is 3.79. The summed E-state index contributed by atoms with van der Waals surface area (Å²) in [6.07, 6.45) is 0. The number of urea groups is 1. The van der Waals surface area contributed by atoms with Crippen LogP contribution in [0.15, 0.2) is 30.3 Å². The summed E-state index contributed by atoms with van der Waals surface area (Å²) in [6, 6.07) is 8.23. The van der Waals surface area contributed by atoms with Crippen molar-refractivity contribution in [3.05, 3.63) is 30.3 Å². The van der Waals surface area contributed by atoms with Crippen LogP contribution in [0.3, 0.4) is 0 Å². The maximum Gasteiger partial charge on any atom is 0.329 e. The summed E-state index contributed by atoms with van der Waals surface area (Å²) in [5, 5.41) is 2.59. The van der Waals surface area contributed by atoms with Gasteiger partial charge in [-0.05, 0) is 19.1 Å². The Bertz CT molecular complexity index is 501. The molecule has 0 bridgehead atoms. The predicted octanol–water partition coefficient (Wildman–Crippen LogP) is 0.909. The van der Waals surface area contributed by atoms with Gasteiger partial charge in [-0.25, -0.2) is 4.79 Å². The summed E-state index contributed by atoms with van der Waals surface area (Å²) >= 11 is 0. The van der Waals surface area contributed by atoms with E-state index in [0.717, 1.165) is 4.90 Å². The molecule has 0 unspecified atom stereocenters. The summed E-state index contributed by atoms with van der Waals surface area (Å²) < 4.78 is 0. The van der Waals surface area contributed by atoms with Crippen molar-refractivity contribution in [3.63, 3.8) is 0 Å². The Morgan fingerprint density at radius 1 is 1.16 bits per heavy atom. The van der Waals surface area contributed by atoms with Gasteiger partial charge in [-0.3, -0.25) is 14.5 Å². The van der Waals surface area contributed by atoms with Crippen molar-refractivity contribution in [1.29, 1.82) is 0 Å². The number of para-hydroxylation sites is 1. The van der Waals surface area contributed by atoms with Crippen LogP contribution in [0.2, 0.25) is 0 Å². The molecule has 1 saturated heterocycles. The van der Waals surface area contributed by atoms with Crippen LogP contribution in [-0.2, 0) is 9.59 Å². The number of carbonyl (C=O) groups is 3. The lowest BCUT2D eigenvalue weighted by atomic mass is 10.3. The maximum atomic E-state index is 11.9. The number of rotatable bonds is 2. The molecule has 1 aromatic rings. The van der Waals surface area contributed by atoms with Gasteiger partial charge in [0.05, 0.1) is 0 Å². The minimum absolute atomic E-state index is 0.219. The SMILES string of the molecule is CCN1CCN(C(=O)Nc2ccccc2)C(=O)C1=O. The van der Waals surface area contributed by atoms with Crippen LogP contribution in [0, 0.1) is 0 Å². The van der Waals surface area contributed by atoms with Crippen molar-refractivity contribution >= 4 is 23.5 Å². The Hall–Kier alpha value is -2.37. The molecule has 1 aliphatic rings. The van der Waals surface area contributed by atoms with Crippen molar-refractivity contribution in [2.75, 3.05) is 25.0 Å². The van der Waals surface area contributed by atoms with Gasteiger partial charge in [0.25, 0.3) is 0 Å². The summed E-state index contributed by atoms with van der Waals surface area (Å²) in [7, 11) is 0. The molecule has 1 aromatic carbocycles. The van der Waals surface area contributed by atoms with Crippen LogP contribution < -0.4 is 5.32 Å². The van der Waals surface area contributed by atoms with E-state index in [-0.39, 0.29) is 6.54 Å². The highest BCUT2D eigenvalue weighted by Gasteiger charge is 2.35. The van der Waals surface area contributed by atoms with Crippen molar-refractivity contribution in [3.8, 4) is 0 Å². The smallest absolute Gasteiger partial charge is 0.329 e. The van der Waals surface area contributed by atoms with Crippen LogP contribution in [0.25, 0.3) is 0 Å². The highest BCUT2D eigenvalue weighted by Crippen LogP contribution is 2.10. The van der Waals surface area contributed by atoms with E-state index in [9.17, 15) is 14.4 Å². The van der Waals surface area contributed by atoms with Crippen LogP contribution in [0.4, 0.5) is 10.5 Å². The first-order chi connectivity index (χ1) is 9.13. The standard InChI is InChI=1S/C13H15N3O3/c1-2-15-8-9-16(12(18)11(15)17)13(19)14-10-6-4-3-5-7-10/h3-7H,2,8-9H2,1H3,(H,14,19). The second-order valence-corrected chi connectivity index (χ2v) is 4.14. The molecule has 100 valence electrons. The van der Waals surface area contributed by atoms with E-state index in [2.05, 4.69) is 5.32 Å². The van der Waals surface area contributed by atoms with Crippen LogP contribution in [0.1, 0.15) is 6.92 Å². The maximum absolute atomic E-state index is 11.9. The van der Waals surface area contributed by atoms with Gasteiger partial charge >= 0.3 is 17.8 Å². The number of nitrogens with one attached hydrogen (secondary N) is 1. The first kappa shape index (κ1) is 13.1. The van der Waals surface area contributed by atoms with Crippen LogP contribution >= 0.6 is 0 Å². The largest absolute Gasteiger partial charge is 0.333 e. The zero-order valence-corrected chi connectivity index (χ0v) is 10.6. The van der Waals surface area contributed by atoms with Crippen molar-refractivity contribution in [1.82, 2.24) is 9.80 Å². The van der Waals surface area contributed by atoms with Gasteiger partial charge in [0, 0.05) is 25.3 Å². The van der Waals surface area contributed by atoms with E-state index in [1.807, 2.05) is 6.07 Å². The molecule has 1 N–H and O–H groups in total.